The number of rotatable bonds is 7. The van der Waals surface area contributed by atoms with Crippen molar-refractivity contribution in [1.82, 2.24) is 10.6 Å². The van der Waals surface area contributed by atoms with Gasteiger partial charge in [-0.3, -0.25) is 4.79 Å². The van der Waals surface area contributed by atoms with Crippen molar-refractivity contribution in [3.05, 3.63) is 0 Å². The second kappa shape index (κ2) is 8.69. The molecule has 0 aromatic heterocycles. The summed E-state index contributed by atoms with van der Waals surface area (Å²) in [5.74, 6) is 0.118. The highest BCUT2D eigenvalue weighted by Gasteiger charge is 2.35. The fraction of sp³-hybridized carbons (Fsp3) is 0.909. The number of halogens is 1. The van der Waals surface area contributed by atoms with Gasteiger partial charge in [0, 0.05) is 20.2 Å². The van der Waals surface area contributed by atoms with Crippen LogP contribution in [-0.2, 0) is 14.3 Å². The van der Waals surface area contributed by atoms with E-state index in [-0.39, 0.29) is 23.7 Å². The summed E-state index contributed by atoms with van der Waals surface area (Å²) in [5, 5.41) is 6.10. The summed E-state index contributed by atoms with van der Waals surface area (Å²) >= 11 is 0. The van der Waals surface area contributed by atoms with Crippen molar-refractivity contribution in [2.75, 3.05) is 46.6 Å². The minimum atomic E-state index is -0.244. The molecule has 2 N–H and O–H groups in total. The third kappa shape index (κ3) is 5.68. The molecule has 0 aromatic rings. The Bertz CT molecular complexity index is 221. The van der Waals surface area contributed by atoms with E-state index in [0.717, 1.165) is 19.5 Å². The summed E-state index contributed by atoms with van der Waals surface area (Å²) in [5.41, 5.74) is -0.244. The molecule has 1 atom stereocenters. The second-order valence-electron chi connectivity index (χ2n) is 4.35. The lowest BCUT2D eigenvalue weighted by Crippen LogP contribution is -2.41. The number of hydrogen-bond acceptors (Lipinski definition) is 4. The number of methoxy groups -OCH3 is 1. The second-order valence-corrected chi connectivity index (χ2v) is 4.35. The Kier molecular flexibility index (Phi) is 8.51. The molecule has 0 bridgehead atoms. The highest BCUT2D eigenvalue weighted by molar-refractivity contribution is 5.85. The largest absolute Gasteiger partial charge is 0.382 e. The van der Waals surface area contributed by atoms with E-state index in [2.05, 4.69) is 10.6 Å². The summed E-state index contributed by atoms with van der Waals surface area (Å²) in [4.78, 5) is 11.8. The van der Waals surface area contributed by atoms with Crippen molar-refractivity contribution < 1.29 is 14.3 Å². The van der Waals surface area contributed by atoms with E-state index in [1.165, 1.54) is 0 Å². The number of ether oxygens (including phenoxy) is 2. The first-order valence-corrected chi connectivity index (χ1v) is 5.75. The van der Waals surface area contributed by atoms with Gasteiger partial charge in [-0.1, -0.05) is 0 Å². The summed E-state index contributed by atoms with van der Waals surface area (Å²) in [6, 6.07) is 0. The van der Waals surface area contributed by atoms with Crippen LogP contribution in [0.2, 0.25) is 0 Å². The number of nitrogens with one attached hydrogen (secondary N) is 2. The molecular formula is C11H23ClN2O3. The molecule has 1 aliphatic heterocycles. The van der Waals surface area contributed by atoms with Crippen molar-refractivity contribution in [3.63, 3.8) is 0 Å². The molecule has 1 aliphatic rings. The van der Waals surface area contributed by atoms with Crippen LogP contribution in [0.25, 0.3) is 0 Å². The topological polar surface area (TPSA) is 59.6 Å². The molecule has 0 saturated carbocycles. The zero-order chi connectivity index (χ0) is 11.9. The van der Waals surface area contributed by atoms with E-state index in [1.54, 1.807) is 7.11 Å². The Balaban J connectivity index is 0.00000256. The fourth-order valence-corrected chi connectivity index (χ4v) is 1.71. The Morgan fingerprint density at radius 2 is 2.18 bits per heavy atom. The predicted octanol–water partition coefficient (Wildman–Crippen LogP) is 0.187. The highest BCUT2D eigenvalue weighted by Crippen LogP contribution is 2.24. The lowest BCUT2D eigenvalue weighted by molar-refractivity contribution is -0.129. The molecule has 0 radical (unpaired) electrons. The average molecular weight is 267 g/mol. The molecule has 102 valence electrons. The number of carbonyl (C=O) groups excluding carboxylic acids is 1. The van der Waals surface area contributed by atoms with Crippen LogP contribution in [0.5, 0.6) is 0 Å². The standard InChI is InChI=1S/C11H22N2O3.ClH/c1-11(3-4-12-9-11)10(14)13-5-6-16-8-7-15-2;/h12H,3-9H2,1-2H3,(H,13,14);1H. The van der Waals surface area contributed by atoms with Crippen LogP contribution in [0, 0.1) is 5.41 Å². The van der Waals surface area contributed by atoms with Crippen LogP contribution in [0.4, 0.5) is 0 Å². The van der Waals surface area contributed by atoms with E-state index in [4.69, 9.17) is 9.47 Å². The number of carbonyl (C=O) groups is 1. The van der Waals surface area contributed by atoms with Crippen LogP contribution in [-0.4, -0.2) is 52.5 Å². The van der Waals surface area contributed by atoms with Crippen molar-refractivity contribution in [2.24, 2.45) is 5.41 Å². The van der Waals surface area contributed by atoms with Gasteiger partial charge < -0.3 is 20.1 Å². The molecule has 1 fully saturated rings. The van der Waals surface area contributed by atoms with Gasteiger partial charge in [0.25, 0.3) is 0 Å². The number of amides is 1. The van der Waals surface area contributed by atoms with Crippen LogP contribution >= 0.6 is 12.4 Å². The van der Waals surface area contributed by atoms with Crippen LogP contribution in [0.15, 0.2) is 0 Å². The van der Waals surface area contributed by atoms with Gasteiger partial charge in [0.1, 0.15) is 0 Å². The van der Waals surface area contributed by atoms with E-state index < -0.39 is 0 Å². The van der Waals surface area contributed by atoms with Gasteiger partial charge in [0.2, 0.25) is 5.91 Å². The minimum Gasteiger partial charge on any atom is -0.382 e. The van der Waals surface area contributed by atoms with Crippen molar-refractivity contribution in [1.29, 1.82) is 0 Å². The molecule has 6 heteroatoms. The molecule has 1 saturated heterocycles. The summed E-state index contributed by atoms with van der Waals surface area (Å²) < 4.78 is 10.1. The Hall–Kier alpha value is -0.360. The molecule has 0 aliphatic carbocycles. The quantitative estimate of drug-likeness (QED) is 0.646. The Morgan fingerprint density at radius 3 is 2.76 bits per heavy atom. The monoisotopic (exact) mass is 266 g/mol. The molecule has 5 nitrogen and oxygen atoms in total. The molecule has 0 spiro atoms. The molecular weight excluding hydrogens is 244 g/mol. The molecule has 1 amide bonds. The lowest BCUT2D eigenvalue weighted by Gasteiger charge is -2.21. The zero-order valence-electron chi connectivity index (χ0n) is 10.6. The van der Waals surface area contributed by atoms with E-state index in [9.17, 15) is 4.79 Å². The smallest absolute Gasteiger partial charge is 0.227 e. The van der Waals surface area contributed by atoms with Crippen LogP contribution in [0.3, 0.4) is 0 Å². The fourth-order valence-electron chi connectivity index (χ4n) is 1.71. The molecule has 1 unspecified atom stereocenters. The summed E-state index contributed by atoms with van der Waals surface area (Å²) in [7, 11) is 1.64. The van der Waals surface area contributed by atoms with E-state index in [1.807, 2.05) is 6.92 Å². The maximum absolute atomic E-state index is 11.8. The first-order valence-electron chi connectivity index (χ1n) is 5.75. The third-order valence-corrected chi connectivity index (χ3v) is 2.88. The normalized spacial score (nSPS) is 23.2. The van der Waals surface area contributed by atoms with Crippen LogP contribution < -0.4 is 10.6 Å². The molecule has 1 rings (SSSR count). The minimum absolute atomic E-state index is 0. The van der Waals surface area contributed by atoms with Crippen LogP contribution in [0.1, 0.15) is 13.3 Å². The van der Waals surface area contributed by atoms with Crippen molar-refractivity contribution in [2.45, 2.75) is 13.3 Å². The van der Waals surface area contributed by atoms with E-state index in [0.29, 0.717) is 26.4 Å². The van der Waals surface area contributed by atoms with Gasteiger partial charge in [-0.2, -0.15) is 0 Å². The van der Waals surface area contributed by atoms with Gasteiger partial charge in [-0.25, -0.2) is 0 Å². The average Bonchev–Trinajstić information content (AvgIpc) is 2.71. The number of hydrogen-bond donors (Lipinski definition) is 2. The van der Waals surface area contributed by atoms with Gasteiger partial charge in [-0.05, 0) is 19.9 Å². The third-order valence-electron chi connectivity index (χ3n) is 2.88. The van der Waals surface area contributed by atoms with Crippen molar-refractivity contribution in [3.8, 4) is 0 Å². The van der Waals surface area contributed by atoms with Gasteiger partial charge in [-0.15, -0.1) is 12.4 Å². The maximum atomic E-state index is 11.8. The van der Waals surface area contributed by atoms with Gasteiger partial charge in [0.15, 0.2) is 0 Å². The first kappa shape index (κ1) is 16.6. The summed E-state index contributed by atoms with van der Waals surface area (Å²) in [6.45, 7) is 5.96. The Labute approximate surface area is 109 Å². The molecule has 17 heavy (non-hydrogen) atoms. The van der Waals surface area contributed by atoms with E-state index >= 15 is 0 Å². The zero-order valence-corrected chi connectivity index (χ0v) is 11.4. The Morgan fingerprint density at radius 1 is 1.41 bits per heavy atom. The molecule has 0 aromatic carbocycles. The summed E-state index contributed by atoms with van der Waals surface area (Å²) in [6.07, 6.45) is 0.906. The lowest BCUT2D eigenvalue weighted by atomic mass is 9.89. The first-order chi connectivity index (χ1) is 7.69. The predicted molar refractivity (Wildman–Crippen MR) is 68.5 cm³/mol. The van der Waals surface area contributed by atoms with Gasteiger partial charge >= 0.3 is 0 Å². The highest BCUT2D eigenvalue weighted by atomic mass is 35.5. The maximum Gasteiger partial charge on any atom is 0.227 e. The van der Waals surface area contributed by atoms with Crippen molar-refractivity contribution >= 4 is 18.3 Å². The molecule has 1 heterocycles. The SMILES string of the molecule is COCCOCCNC(=O)C1(C)CCNC1.Cl. The van der Waals surface area contributed by atoms with Gasteiger partial charge in [0.05, 0.1) is 25.2 Å².